The Balaban J connectivity index is 1.83. The van der Waals surface area contributed by atoms with E-state index < -0.39 is 0 Å². The molecule has 0 atom stereocenters. The van der Waals surface area contributed by atoms with E-state index in [2.05, 4.69) is 34.8 Å². The first-order valence-corrected chi connectivity index (χ1v) is 5.89. The molecule has 0 saturated carbocycles. The summed E-state index contributed by atoms with van der Waals surface area (Å²) in [6, 6.07) is 18.5. The van der Waals surface area contributed by atoms with E-state index in [1.807, 2.05) is 30.3 Å². The molecule has 0 aliphatic heterocycles. The second-order valence-corrected chi connectivity index (χ2v) is 4.19. The number of hydrogen-bond donors (Lipinski definition) is 1. The molecule has 84 valence electrons. The largest absolute Gasteiger partial charge is 0.278 e. The second-order valence-electron chi connectivity index (χ2n) is 4.19. The van der Waals surface area contributed by atoms with Crippen LogP contribution in [0.4, 0.5) is 5.69 Å². The van der Waals surface area contributed by atoms with Crippen LogP contribution in [0.25, 0.3) is 0 Å². The summed E-state index contributed by atoms with van der Waals surface area (Å²) in [5.74, 6) is 0. The fourth-order valence-electron chi connectivity index (χ4n) is 2.17. The van der Waals surface area contributed by atoms with Crippen LogP contribution in [0.2, 0.25) is 0 Å². The van der Waals surface area contributed by atoms with Crippen molar-refractivity contribution >= 4 is 11.4 Å². The normalized spacial score (nSPS) is 15.9. The monoisotopic (exact) mass is 222 g/mol. The molecule has 0 aromatic heterocycles. The maximum Gasteiger partial charge on any atom is 0.0685 e. The fraction of sp³-hybridized carbons (Fsp3) is 0.133. The average Bonchev–Trinajstić information content (AvgIpc) is 2.81. The van der Waals surface area contributed by atoms with Crippen molar-refractivity contribution < 1.29 is 0 Å². The highest BCUT2D eigenvalue weighted by Crippen LogP contribution is 2.22. The highest BCUT2D eigenvalue weighted by Gasteiger charge is 2.16. The predicted octanol–water partition coefficient (Wildman–Crippen LogP) is 3.45. The molecule has 3 rings (SSSR count). The molecule has 2 nitrogen and oxygen atoms in total. The molecule has 0 heterocycles. The number of nitrogens with zero attached hydrogens (tertiary/aromatic N) is 1. The van der Waals surface area contributed by atoms with Crippen molar-refractivity contribution in [2.45, 2.75) is 12.8 Å². The fourth-order valence-corrected chi connectivity index (χ4v) is 2.17. The van der Waals surface area contributed by atoms with Gasteiger partial charge >= 0.3 is 0 Å². The number of aryl methyl sites for hydroxylation is 1. The number of anilines is 1. The van der Waals surface area contributed by atoms with Crippen molar-refractivity contribution in [2.24, 2.45) is 5.10 Å². The maximum absolute atomic E-state index is 4.50. The summed E-state index contributed by atoms with van der Waals surface area (Å²) in [5, 5.41) is 4.50. The Morgan fingerprint density at radius 3 is 2.47 bits per heavy atom. The Hall–Kier alpha value is -2.09. The Morgan fingerprint density at radius 2 is 1.59 bits per heavy atom. The second kappa shape index (κ2) is 4.42. The van der Waals surface area contributed by atoms with Gasteiger partial charge in [-0.3, -0.25) is 5.43 Å². The number of hydrazone groups is 1. The van der Waals surface area contributed by atoms with E-state index in [-0.39, 0.29) is 0 Å². The molecule has 1 aliphatic rings. The lowest BCUT2D eigenvalue weighted by Gasteiger charge is -2.02. The highest BCUT2D eigenvalue weighted by atomic mass is 15.3. The van der Waals surface area contributed by atoms with Gasteiger partial charge in [-0.2, -0.15) is 5.10 Å². The molecule has 0 unspecified atom stereocenters. The van der Waals surface area contributed by atoms with Crippen molar-refractivity contribution in [1.29, 1.82) is 0 Å². The molecule has 0 radical (unpaired) electrons. The molecular formula is C15H14N2. The molecule has 17 heavy (non-hydrogen) atoms. The van der Waals surface area contributed by atoms with Gasteiger partial charge in [0.25, 0.3) is 0 Å². The van der Waals surface area contributed by atoms with E-state index in [0.29, 0.717) is 0 Å². The Morgan fingerprint density at radius 1 is 0.824 bits per heavy atom. The van der Waals surface area contributed by atoms with Crippen LogP contribution in [0, 0.1) is 0 Å². The topological polar surface area (TPSA) is 24.4 Å². The quantitative estimate of drug-likeness (QED) is 0.773. The Bertz CT molecular complexity index is 544. The van der Waals surface area contributed by atoms with Crippen LogP contribution in [-0.4, -0.2) is 5.71 Å². The molecule has 2 aromatic carbocycles. The molecule has 2 heteroatoms. The van der Waals surface area contributed by atoms with Gasteiger partial charge in [-0.05, 0) is 30.5 Å². The lowest BCUT2D eigenvalue weighted by Crippen LogP contribution is -1.99. The van der Waals surface area contributed by atoms with E-state index in [1.165, 1.54) is 11.1 Å². The van der Waals surface area contributed by atoms with Gasteiger partial charge in [0.2, 0.25) is 0 Å². The van der Waals surface area contributed by atoms with Gasteiger partial charge in [0.05, 0.1) is 11.4 Å². The highest BCUT2D eigenvalue weighted by molar-refractivity contribution is 6.04. The van der Waals surface area contributed by atoms with Gasteiger partial charge < -0.3 is 0 Å². The SMILES string of the molecule is c1ccc(N/N=C2\CCc3ccccc32)cc1. The molecule has 1 N–H and O–H groups in total. The van der Waals surface area contributed by atoms with Crippen LogP contribution >= 0.6 is 0 Å². The number of rotatable bonds is 2. The molecule has 2 aromatic rings. The number of benzene rings is 2. The van der Waals surface area contributed by atoms with Crippen molar-refractivity contribution in [1.82, 2.24) is 0 Å². The average molecular weight is 222 g/mol. The van der Waals surface area contributed by atoms with Crippen molar-refractivity contribution in [3.05, 3.63) is 65.7 Å². The zero-order valence-corrected chi connectivity index (χ0v) is 9.56. The van der Waals surface area contributed by atoms with E-state index in [1.54, 1.807) is 0 Å². The zero-order valence-electron chi connectivity index (χ0n) is 9.56. The van der Waals surface area contributed by atoms with Gasteiger partial charge in [-0.1, -0.05) is 42.5 Å². The number of nitrogens with one attached hydrogen (secondary N) is 1. The molecule has 1 aliphatic carbocycles. The zero-order chi connectivity index (χ0) is 11.5. The number of para-hydroxylation sites is 1. The van der Waals surface area contributed by atoms with Crippen molar-refractivity contribution in [2.75, 3.05) is 5.43 Å². The summed E-state index contributed by atoms with van der Waals surface area (Å²) in [5.41, 5.74) is 8.00. The first kappa shape index (κ1) is 10.1. The lowest BCUT2D eigenvalue weighted by atomic mass is 10.1. The third-order valence-corrected chi connectivity index (χ3v) is 3.05. The minimum atomic E-state index is 1.03. The van der Waals surface area contributed by atoms with Gasteiger partial charge in [-0.25, -0.2) is 0 Å². The standard InChI is InChI=1S/C15H14N2/c1-2-7-13(8-3-1)16-17-15-11-10-12-6-4-5-9-14(12)15/h1-9,16H,10-11H2/b17-15+. The third kappa shape index (κ3) is 2.07. The summed E-state index contributed by atoms with van der Waals surface area (Å²) in [6.45, 7) is 0. The van der Waals surface area contributed by atoms with E-state index >= 15 is 0 Å². The van der Waals surface area contributed by atoms with Gasteiger partial charge in [0.15, 0.2) is 0 Å². The van der Waals surface area contributed by atoms with Crippen molar-refractivity contribution in [3.8, 4) is 0 Å². The molecular weight excluding hydrogens is 208 g/mol. The van der Waals surface area contributed by atoms with Gasteiger partial charge in [0.1, 0.15) is 0 Å². The molecule has 0 spiro atoms. The summed E-state index contributed by atoms with van der Waals surface area (Å²) in [7, 11) is 0. The van der Waals surface area contributed by atoms with E-state index in [4.69, 9.17) is 0 Å². The van der Waals surface area contributed by atoms with Crippen molar-refractivity contribution in [3.63, 3.8) is 0 Å². The molecule has 0 bridgehead atoms. The predicted molar refractivity (Wildman–Crippen MR) is 71.4 cm³/mol. The Labute approximate surface area is 101 Å². The van der Waals surface area contributed by atoms with Gasteiger partial charge in [0, 0.05) is 5.56 Å². The van der Waals surface area contributed by atoms with Crippen LogP contribution in [0.5, 0.6) is 0 Å². The van der Waals surface area contributed by atoms with Crippen LogP contribution in [0.3, 0.4) is 0 Å². The first-order valence-electron chi connectivity index (χ1n) is 5.89. The van der Waals surface area contributed by atoms with Crippen LogP contribution in [0.1, 0.15) is 17.5 Å². The molecule has 0 saturated heterocycles. The summed E-state index contributed by atoms with van der Waals surface area (Å²) < 4.78 is 0. The summed E-state index contributed by atoms with van der Waals surface area (Å²) >= 11 is 0. The lowest BCUT2D eigenvalue weighted by molar-refractivity contribution is 1.09. The smallest absolute Gasteiger partial charge is 0.0685 e. The first-order chi connectivity index (χ1) is 8.43. The summed E-state index contributed by atoms with van der Waals surface area (Å²) in [6.07, 6.45) is 2.13. The minimum Gasteiger partial charge on any atom is -0.278 e. The number of fused-ring (bicyclic) bond motifs is 1. The minimum absolute atomic E-state index is 1.03. The number of hydrogen-bond acceptors (Lipinski definition) is 2. The van der Waals surface area contributed by atoms with Crippen LogP contribution in [0.15, 0.2) is 59.7 Å². The van der Waals surface area contributed by atoms with E-state index in [9.17, 15) is 0 Å². The maximum atomic E-state index is 4.50. The van der Waals surface area contributed by atoms with Crippen LogP contribution < -0.4 is 5.43 Å². The molecule has 0 amide bonds. The molecule has 0 fully saturated rings. The Kier molecular flexibility index (Phi) is 2.62. The van der Waals surface area contributed by atoms with E-state index in [0.717, 1.165) is 24.2 Å². The third-order valence-electron chi connectivity index (χ3n) is 3.05. The van der Waals surface area contributed by atoms with Crippen LogP contribution in [-0.2, 0) is 6.42 Å². The summed E-state index contributed by atoms with van der Waals surface area (Å²) in [4.78, 5) is 0. The van der Waals surface area contributed by atoms with Gasteiger partial charge in [-0.15, -0.1) is 0 Å².